The molecule has 0 radical (unpaired) electrons. The van der Waals surface area contributed by atoms with Crippen LogP contribution in [-0.4, -0.2) is 32.8 Å². The maximum absolute atomic E-state index is 12.4. The summed E-state index contributed by atoms with van der Waals surface area (Å²) in [5.41, 5.74) is 0.810. The number of rotatable bonds is 5. The van der Waals surface area contributed by atoms with Crippen molar-refractivity contribution < 1.29 is 19.4 Å². The first-order valence-corrected chi connectivity index (χ1v) is 9.86. The Hall–Kier alpha value is -1.40. The van der Waals surface area contributed by atoms with Gasteiger partial charge in [-0.2, -0.15) is 0 Å². The molecule has 5 nitrogen and oxygen atoms in total. The van der Waals surface area contributed by atoms with Gasteiger partial charge in [-0.3, -0.25) is 4.79 Å². The summed E-state index contributed by atoms with van der Waals surface area (Å²) in [5, 5.41) is 9.39. The second kappa shape index (κ2) is 8.32. The molecule has 1 amide bonds. The first-order chi connectivity index (χ1) is 12.0. The molecule has 0 aromatic heterocycles. The zero-order valence-corrected chi connectivity index (χ0v) is 15.5. The summed E-state index contributed by atoms with van der Waals surface area (Å²) in [7, 11) is 0. The molecule has 2 aliphatic rings. The van der Waals surface area contributed by atoms with E-state index in [2.05, 4.69) is 0 Å². The maximum atomic E-state index is 12.4. The normalized spacial score (nSPS) is 23.8. The van der Waals surface area contributed by atoms with Crippen LogP contribution >= 0.6 is 23.5 Å². The minimum absolute atomic E-state index is 0.129. The van der Waals surface area contributed by atoms with Crippen LogP contribution in [-0.2, 0) is 16.1 Å². The highest BCUT2D eigenvalue weighted by Gasteiger charge is 2.49. The fourth-order valence-corrected chi connectivity index (χ4v) is 4.77. The molecule has 0 spiro atoms. The number of benzene rings is 1. The lowest BCUT2D eigenvalue weighted by molar-refractivity contribution is -0.138. The average molecular weight is 384 g/mol. The van der Waals surface area contributed by atoms with Crippen molar-refractivity contribution in [2.75, 3.05) is 0 Å². The Morgan fingerprint density at radius 2 is 2.04 bits per heavy atom. The number of amides is 1. The van der Waals surface area contributed by atoms with Gasteiger partial charge in [0.15, 0.2) is 0 Å². The van der Waals surface area contributed by atoms with Crippen LogP contribution in [0.5, 0.6) is 0 Å². The van der Waals surface area contributed by atoms with Gasteiger partial charge in [0.2, 0.25) is 0 Å². The summed E-state index contributed by atoms with van der Waals surface area (Å²) in [5.74, 6) is -0.352. The lowest BCUT2D eigenvalue weighted by Gasteiger charge is -2.45. The van der Waals surface area contributed by atoms with Crippen LogP contribution < -0.4 is 0 Å². The largest absolute Gasteiger partial charge is 0.480 e. The average Bonchev–Trinajstić information content (AvgIpc) is 2.58. The van der Waals surface area contributed by atoms with Gasteiger partial charge in [0.1, 0.15) is 11.9 Å². The molecule has 136 valence electrons. The number of nitrogens with zero attached hydrogens (tertiary/aromatic N) is 1. The van der Waals surface area contributed by atoms with Crippen molar-refractivity contribution in [3.05, 3.63) is 34.9 Å². The van der Waals surface area contributed by atoms with Crippen molar-refractivity contribution >= 4 is 35.6 Å². The van der Waals surface area contributed by atoms with Crippen molar-refractivity contribution in [1.29, 1.82) is 0 Å². The minimum Gasteiger partial charge on any atom is -0.480 e. The molecule has 2 atom stereocenters. The van der Waals surface area contributed by atoms with Gasteiger partial charge in [-0.25, -0.2) is 9.10 Å². The van der Waals surface area contributed by atoms with Crippen LogP contribution in [0.2, 0.25) is 5.02 Å². The van der Waals surface area contributed by atoms with E-state index in [9.17, 15) is 14.7 Å². The van der Waals surface area contributed by atoms with Gasteiger partial charge in [-0.1, -0.05) is 55.8 Å². The molecule has 1 heterocycles. The summed E-state index contributed by atoms with van der Waals surface area (Å²) < 4.78 is 6.85. The van der Waals surface area contributed by atoms with Crippen molar-refractivity contribution in [2.24, 2.45) is 5.92 Å². The summed E-state index contributed by atoms with van der Waals surface area (Å²) in [6.07, 6.45) is 6.17. The lowest BCUT2D eigenvalue weighted by atomic mass is 9.84. The Morgan fingerprint density at radius 3 is 2.72 bits per heavy atom. The van der Waals surface area contributed by atoms with E-state index in [1.807, 2.05) is 6.07 Å². The maximum Gasteiger partial charge on any atom is 0.420 e. The number of aliphatic carboxylic acids is 1. The first-order valence-electron chi connectivity index (χ1n) is 8.64. The summed E-state index contributed by atoms with van der Waals surface area (Å²) in [6.45, 7) is 0.129. The standard InChI is InChI=1S/C18H22ClNO4S/c19-14-8-4-7-13(9-14)11-24-18(23)20-15(16(25-20)17(21)22)10-12-5-2-1-3-6-12/h4,7-9,12,15-16H,1-3,5-6,10-11H2,(H,21,22). The lowest BCUT2D eigenvalue weighted by Crippen LogP contribution is -2.56. The highest BCUT2D eigenvalue weighted by atomic mass is 35.5. The Kier molecular flexibility index (Phi) is 6.12. The van der Waals surface area contributed by atoms with Gasteiger partial charge in [-0.15, -0.1) is 0 Å². The number of carboxylic acid groups (broad SMARTS) is 1. The van der Waals surface area contributed by atoms with Crippen molar-refractivity contribution in [3.63, 3.8) is 0 Å². The van der Waals surface area contributed by atoms with E-state index in [0.717, 1.165) is 36.8 Å². The van der Waals surface area contributed by atoms with Crippen molar-refractivity contribution in [3.8, 4) is 0 Å². The highest BCUT2D eigenvalue weighted by molar-refractivity contribution is 8.00. The van der Waals surface area contributed by atoms with Gasteiger partial charge in [0.05, 0.1) is 6.04 Å². The molecular weight excluding hydrogens is 362 g/mol. The van der Waals surface area contributed by atoms with Crippen LogP contribution in [0.25, 0.3) is 0 Å². The number of carbonyl (C=O) groups excluding carboxylic acids is 1. The van der Waals surface area contributed by atoms with E-state index in [-0.39, 0.29) is 12.6 Å². The molecule has 1 aliphatic carbocycles. The molecule has 0 bridgehead atoms. The predicted octanol–water partition coefficient (Wildman–Crippen LogP) is 4.73. The molecule has 3 rings (SSSR count). The predicted molar refractivity (Wildman–Crippen MR) is 97.5 cm³/mol. The van der Waals surface area contributed by atoms with E-state index in [4.69, 9.17) is 16.3 Å². The van der Waals surface area contributed by atoms with Crippen molar-refractivity contribution in [2.45, 2.75) is 56.4 Å². The van der Waals surface area contributed by atoms with Crippen LogP contribution in [0.15, 0.2) is 24.3 Å². The van der Waals surface area contributed by atoms with Gasteiger partial charge in [-0.05, 0) is 42.0 Å². The Balaban J connectivity index is 1.57. The summed E-state index contributed by atoms with van der Waals surface area (Å²) in [6, 6.07) is 6.86. The molecule has 1 N–H and O–H groups in total. The van der Waals surface area contributed by atoms with Crippen LogP contribution in [0, 0.1) is 5.92 Å². The smallest absolute Gasteiger partial charge is 0.420 e. The number of halogens is 1. The van der Waals surface area contributed by atoms with Crippen LogP contribution in [0.4, 0.5) is 4.79 Å². The molecule has 25 heavy (non-hydrogen) atoms. The SMILES string of the molecule is O=C(O)C1SN(C(=O)OCc2cccc(Cl)c2)C1CC1CCCCC1. The number of hydrogen-bond donors (Lipinski definition) is 1. The van der Waals surface area contributed by atoms with E-state index in [0.29, 0.717) is 10.9 Å². The van der Waals surface area contributed by atoms with Gasteiger partial charge in [0, 0.05) is 5.02 Å². The zero-order chi connectivity index (χ0) is 17.8. The fraction of sp³-hybridized carbons (Fsp3) is 0.556. The molecule has 7 heteroatoms. The Morgan fingerprint density at radius 1 is 1.28 bits per heavy atom. The van der Waals surface area contributed by atoms with Crippen LogP contribution in [0.3, 0.4) is 0 Å². The molecule has 1 saturated heterocycles. The minimum atomic E-state index is -0.857. The number of ether oxygens (including phenoxy) is 1. The second-order valence-electron chi connectivity index (χ2n) is 6.68. The first kappa shape index (κ1) is 18.4. The molecule has 1 aromatic carbocycles. The second-order valence-corrected chi connectivity index (χ2v) is 8.23. The van der Waals surface area contributed by atoms with E-state index < -0.39 is 17.3 Å². The van der Waals surface area contributed by atoms with Gasteiger partial charge in [0.25, 0.3) is 0 Å². The molecular formula is C18H22ClNO4S. The Labute approximate surface area is 156 Å². The number of carboxylic acids is 1. The zero-order valence-electron chi connectivity index (χ0n) is 13.9. The molecule has 1 aliphatic heterocycles. The van der Waals surface area contributed by atoms with E-state index in [1.54, 1.807) is 18.2 Å². The van der Waals surface area contributed by atoms with Crippen LogP contribution in [0.1, 0.15) is 44.1 Å². The van der Waals surface area contributed by atoms with Gasteiger partial charge < -0.3 is 9.84 Å². The quantitative estimate of drug-likeness (QED) is 0.744. The highest BCUT2D eigenvalue weighted by Crippen LogP contribution is 2.43. The molecule has 2 unspecified atom stereocenters. The molecule has 1 aromatic rings. The third kappa shape index (κ3) is 4.61. The summed E-state index contributed by atoms with van der Waals surface area (Å²) >= 11 is 6.98. The monoisotopic (exact) mass is 383 g/mol. The van der Waals surface area contributed by atoms with E-state index in [1.165, 1.54) is 23.6 Å². The third-order valence-electron chi connectivity index (χ3n) is 4.85. The summed E-state index contributed by atoms with van der Waals surface area (Å²) in [4.78, 5) is 23.8. The van der Waals surface area contributed by atoms with E-state index >= 15 is 0 Å². The molecule has 1 saturated carbocycles. The molecule has 2 fully saturated rings. The number of hydrogen-bond acceptors (Lipinski definition) is 4. The Bertz CT molecular complexity index is 635. The topological polar surface area (TPSA) is 66.8 Å². The number of carbonyl (C=O) groups is 2. The van der Waals surface area contributed by atoms with Crippen molar-refractivity contribution in [1.82, 2.24) is 4.31 Å². The fourth-order valence-electron chi connectivity index (χ4n) is 3.54. The van der Waals surface area contributed by atoms with Gasteiger partial charge >= 0.3 is 12.1 Å². The third-order valence-corrected chi connectivity index (χ3v) is 6.48.